The van der Waals surface area contributed by atoms with E-state index < -0.39 is 0 Å². The van der Waals surface area contributed by atoms with Gasteiger partial charge in [0.05, 0.1) is 17.9 Å². The Labute approximate surface area is 160 Å². The first-order valence-electron chi connectivity index (χ1n) is 9.39. The van der Waals surface area contributed by atoms with Gasteiger partial charge in [-0.2, -0.15) is 0 Å². The number of esters is 1. The van der Waals surface area contributed by atoms with Crippen molar-refractivity contribution in [3.63, 3.8) is 0 Å². The Morgan fingerprint density at radius 1 is 0.963 bits per heavy atom. The van der Waals surface area contributed by atoms with Gasteiger partial charge in [0.25, 0.3) is 5.91 Å². The Balaban J connectivity index is 1.70. The number of hydrogen-bond acceptors (Lipinski definition) is 4. The van der Waals surface area contributed by atoms with Crippen LogP contribution >= 0.6 is 0 Å². The highest BCUT2D eigenvalue weighted by molar-refractivity contribution is 5.96. The number of rotatable bonds is 4. The van der Waals surface area contributed by atoms with Crippen molar-refractivity contribution in [1.29, 1.82) is 0 Å². The summed E-state index contributed by atoms with van der Waals surface area (Å²) < 4.78 is 5.17. The molecule has 1 saturated heterocycles. The average Bonchev–Trinajstić information content (AvgIpc) is 2.70. The normalized spacial score (nSPS) is 14.2. The van der Waals surface area contributed by atoms with Crippen LogP contribution in [0, 0.1) is 13.8 Å². The number of hydrogen-bond donors (Lipinski definition) is 0. The molecule has 1 fully saturated rings. The lowest BCUT2D eigenvalue weighted by molar-refractivity contribution is 0.0526. The van der Waals surface area contributed by atoms with Crippen molar-refractivity contribution in [3.05, 3.63) is 64.7 Å². The monoisotopic (exact) mass is 366 g/mol. The van der Waals surface area contributed by atoms with Gasteiger partial charge >= 0.3 is 5.97 Å². The molecule has 0 aromatic heterocycles. The van der Waals surface area contributed by atoms with E-state index in [9.17, 15) is 9.59 Å². The first-order chi connectivity index (χ1) is 13.0. The fourth-order valence-corrected chi connectivity index (χ4v) is 3.34. The van der Waals surface area contributed by atoms with Crippen molar-refractivity contribution < 1.29 is 14.3 Å². The third kappa shape index (κ3) is 4.13. The predicted molar refractivity (Wildman–Crippen MR) is 106 cm³/mol. The zero-order valence-electron chi connectivity index (χ0n) is 16.2. The second-order valence-corrected chi connectivity index (χ2v) is 6.82. The molecule has 0 radical (unpaired) electrons. The third-order valence-electron chi connectivity index (χ3n) is 5.06. The van der Waals surface area contributed by atoms with Gasteiger partial charge in [0.15, 0.2) is 0 Å². The van der Waals surface area contributed by atoms with Gasteiger partial charge < -0.3 is 14.5 Å². The van der Waals surface area contributed by atoms with Crippen molar-refractivity contribution >= 4 is 17.6 Å². The number of anilines is 1. The number of carbonyl (C=O) groups is 2. The molecule has 1 aliphatic rings. The lowest BCUT2D eigenvalue weighted by atomic mass is 10.1. The van der Waals surface area contributed by atoms with E-state index in [4.69, 9.17) is 4.74 Å². The summed E-state index contributed by atoms with van der Waals surface area (Å²) in [6.45, 7) is 8.86. The number of amides is 1. The Kier molecular flexibility index (Phi) is 5.79. The van der Waals surface area contributed by atoms with E-state index in [-0.39, 0.29) is 11.9 Å². The number of piperazine rings is 1. The number of nitrogens with zero attached hydrogens (tertiary/aromatic N) is 2. The predicted octanol–water partition coefficient (Wildman–Crippen LogP) is 3.44. The van der Waals surface area contributed by atoms with E-state index in [1.54, 1.807) is 13.0 Å². The molecule has 1 aliphatic heterocycles. The summed E-state index contributed by atoms with van der Waals surface area (Å²) in [4.78, 5) is 29.0. The quantitative estimate of drug-likeness (QED) is 0.778. The Morgan fingerprint density at radius 3 is 2.33 bits per heavy atom. The second-order valence-electron chi connectivity index (χ2n) is 6.82. The van der Waals surface area contributed by atoms with Crippen LogP contribution in [-0.4, -0.2) is 49.6 Å². The van der Waals surface area contributed by atoms with Crippen LogP contribution in [0.2, 0.25) is 0 Å². The maximum Gasteiger partial charge on any atom is 0.340 e. The van der Waals surface area contributed by atoms with Crippen molar-refractivity contribution in [2.45, 2.75) is 20.8 Å². The van der Waals surface area contributed by atoms with Crippen LogP contribution in [-0.2, 0) is 4.74 Å². The van der Waals surface area contributed by atoms with Gasteiger partial charge in [0, 0.05) is 31.7 Å². The molecule has 0 atom stereocenters. The third-order valence-corrected chi connectivity index (χ3v) is 5.06. The Morgan fingerprint density at radius 2 is 1.67 bits per heavy atom. The van der Waals surface area contributed by atoms with Crippen molar-refractivity contribution in [2.75, 3.05) is 37.7 Å². The molecular weight excluding hydrogens is 340 g/mol. The van der Waals surface area contributed by atoms with Gasteiger partial charge in [-0.05, 0) is 56.2 Å². The summed E-state index contributed by atoms with van der Waals surface area (Å²) in [5.41, 5.74) is 4.50. The highest BCUT2D eigenvalue weighted by Crippen LogP contribution is 2.23. The summed E-state index contributed by atoms with van der Waals surface area (Å²) in [6.07, 6.45) is 0. The number of benzene rings is 2. The molecule has 0 bridgehead atoms. The van der Waals surface area contributed by atoms with Crippen molar-refractivity contribution in [3.8, 4) is 0 Å². The minimum Gasteiger partial charge on any atom is -0.462 e. The van der Waals surface area contributed by atoms with E-state index in [2.05, 4.69) is 4.90 Å². The Hall–Kier alpha value is -2.82. The molecule has 142 valence electrons. The van der Waals surface area contributed by atoms with Crippen LogP contribution in [0.5, 0.6) is 0 Å². The second kappa shape index (κ2) is 8.25. The maximum atomic E-state index is 12.8. The molecule has 2 aromatic carbocycles. The smallest absolute Gasteiger partial charge is 0.340 e. The van der Waals surface area contributed by atoms with Gasteiger partial charge in [0.1, 0.15) is 0 Å². The van der Waals surface area contributed by atoms with E-state index in [1.165, 1.54) is 5.56 Å². The highest BCUT2D eigenvalue weighted by Gasteiger charge is 2.25. The van der Waals surface area contributed by atoms with Crippen LogP contribution in [0.25, 0.3) is 0 Å². The zero-order valence-corrected chi connectivity index (χ0v) is 16.2. The molecule has 0 unspecified atom stereocenters. The van der Waals surface area contributed by atoms with Crippen LogP contribution in [0.3, 0.4) is 0 Å². The van der Waals surface area contributed by atoms with Gasteiger partial charge in [0.2, 0.25) is 0 Å². The summed E-state index contributed by atoms with van der Waals surface area (Å²) in [5.74, 6) is -0.238. The molecule has 2 aromatic rings. The SMILES string of the molecule is CCOC(=O)c1ccccc1N1CCN(C(=O)c2ccc(C)c(C)c2)CC1. The molecule has 5 heteroatoms. The minimum absolute atomic E-state index is 0.0661. The molecule has 0 spiro atoms. The topological polar surface area (TPSA) is 49.9 Å². The largest absolute Gasteiger partial charge is 0.462 e. The molecule has 1 amide bonds. The summed E-state index contributed by atoms with van der Waals surface area (Å²) in [5, 5.41) is 0. The first kappa shape index (κ1) is 19.0. The molecule has 27 heavy (non-hydrogen) atoms. The van der Waals surface area contributed by atoms with E-state index in [0.717, 1.165) is 16.8 Å². The summed E-state index contributed by atoms with van der Waals surface area (Å²) in [6, 6.07) is 13.3. The minimum atomic E-state index is -0.304. The van der Waals surface area contributed by atoms with Gasteiger partial charge in [-0.25, -0.2) is 4.79 Å². The summed E-state index contributed by atoms with van der Waals surface area (Å²) >= 11 is 0. The van der Waals surface area contributed by atoms with E-state index >= 15 is 0 Å². The van der Waals surface area contributed by atoms with E-state index in [1.807, 2.05) is 55.1 Å². The Bertz CT molecular complexity index is 839. The fourth-order valence-electron chi connectivity index (χ4n) is 3.34. The molecule has 0 N–H and O–H groups in total. The number of para-hydroxylation sites is 1. The highest BCUT2D eigenvalue weighted by atomic mass is 16.5. The lowest BCUT2D eigenvalue weighted by Crippen LogP contribution is -2.49. The average molecular weight is 366 g/mol. The molecule has 3 rings (SSSR count). The fraction of sp³-hybridized carbons (Fsp3) is 0.364. The first-order valence-corrected chi connectivity index (χ1v) is 9.39. The molecule has 0 saturated carbocycles. The molecule has 5 nitrogen and oxygen atoms in total. The number of ether oxygens (including phenoxy) is 1. The zero-order chi connectivity index (χ0) is 19.4. The maximum absolute atomic E-state index is 12.8. The molecular formula is C22H26N2O3. The standard InChI is InChI=1S/C22H26N2O3/c1-4-27-22(26)19-7-5-6-8-20(19)23-11-13-24(14-12-23)21(25)18-10-9-16(2)17(3)15-18/h5-10,15H,4,11-14H2,1-3H3. The van der Waals surface area contributed by atoms with E-state index in [0.29, 0.717) is 38.3 Å². The van der Waals surface area contributed by atoms with Crippen LogP contribution in [0.4, 0.5) is 5.69 Å². The van der Waals surface area contributed by atoms with Crippen LogP contribution in [0.1, 0.15) is 38.8 Å². The van der Waals surface area contributed by atoms with Crippen LogP contribution in [0.15, 0.2) is 42.5 Å². The van der Waals surface area contributed by atoms with Gasteiger partial charge in [-0.1, -0.05) is 18.2 Å². The molecule has 1 heterocycles. The van der Waals surface area contributed by atoms with Gasteiger partial charge in [-0.15, -0.1) is 0 Å². The van der Waals surface area contributed by atoms with Crippen molar-refractivity contribution in [2.24, 2.45) is 0 Å². The van der Waals surface area contributed by atoms with Crippen LogP contribution < -0.4 is 4.90 Å². The molecule has 0 aliphatic carbocycles. The van der Waals surface area contributed by atoms with Gasteiger partial charge in [-0.3, -0.25) is 4.79 Å². The van der Waals surface area contributed by atoms with Crippen molar-refractivity contribution in [1.82, 2.24) is 4.90 Å². The number of aryl methyl sites for hydroxylation is 2. The summed E-state index contributed by atoms with van der Waals surface area (Å²) in [7, 11) is 0. The lowest BCUT2D eigenvalue weighted by Gasteiger charge is -2.36. The number of carbonyl (C=O) groups excluding carboxylic acids is 2.